The van der Waals surface area contributed by atoms with Crippen LogP contribution in [0.15, 0.2) is 0 Å². The number of Topliss-reactive ketones (excluding diaryl/α,β-unsaturated/α-hetero) is 1. The molecule has 0 aliphatic carbocycles. The van der Waals surface area contributed by atoms with Crippen molar-refractivity contribution in [3.63, 3.8) is 0 Å². The fourth-order valence-electron chi connectivity index (χ4n) is 0.786. The van der Waals surface area contributed by atoms with E-state index in [2.05, 4.69) is 13.8 Å². The van der Waals surface area contributed by atoms with Gasteiger partial charge in [0.2, 0.25) is 0 Å². The minimum absolute atomic E-state index is 0.172. The van der Waals surface area contributed by atoms with Crippen LogP contribution >= 0.6 is 11.8 Å². The highest BCUT2D eigenvalue weighted by molar-refractivity contribution is 7.99. The third-order valence-electron chi connectivity index (χ3n) is 1.51. The van der Waals surface area contributed by atoms with Gasteiger partial charge in [-0.2, -0.15) is 11.8 Å². The molecule has 72 valence electrons. The SMILES string of the molecule is CCC(=O)C(N)CSCC(C)C. The third kappa shape index (κ3) is 5.61. The van der Waals surface area contributed by atoms with E-state index in [0.717, 1.165) is 11.5 Å². The van der Waals surface area contributed by atoms with Crippen molar-refractivity contribution in [3.05, 3.63) is 0 Å². The topological polar surface area (TPSA) is 43.1 Å². The molecule has 0 aromatic rings. The van der Waals surface area contributed by atoms with Crippen LogP contribution in [0.3, 0.4) is 0 Å². The van der Waals surface area contributed by atoms with Gasteiger partial charge < -0.3 is 5.73 Å². The van der Waals surface area contributed by atoms with E-state index in [1.54, 1.807) is 11.8 Å². The lowest BCUT2D eigenvalue weighted by Crippen LogP contribution is -2.32. The number of carbonyl (C=O) groups excluding carboxylic acids is 1. The third-order valence-corrected chi connectivity index (χ3v) is 3.01. The zero-order chi connectivity index (χ0) is 9.56. The summed E-state index contributed by atoms with van der Waals surface area (Å²) in [4.78, 5) is 11.0. The monoisotopic (exact) mass is 189 g/mol. The highest BCUT2D eigenvalue weighted by Gasteiger charge is 2.10. The summed E-state index contributed by atoms with van der Waals surface area (Å²) in [6, 6.07) is -0.251. The molecule has 0 rings (SSSR count). The van der Waals surface area contributed by atoms with Gasteiger partial charge in [0.25, 0.3) is 0 Å². The first-order valence-corrected chi connectivity index (χ1v) is 5.59. The van der Waals surface area contributed by atoms with Crippen LogP contribution in [-0.4, -0.2) is 23.3 Å². The summed E-state index contributed by atoms with van der Waals surface area (Å²) < 4.78 is 0. The van der Waals surface area contributed by atoms with Crippen LogP contribution < -0.4 is 5.73 Å². The predicted octanol–water partition coefficient (Wildman–Crippen LogP) is 1.68. The molecular weight excluding hydrogens is 170 g/mol. The molecule has 0 aliphatic heterocycles. The van der Waals surface area contributed by atoms with Gasteiger partial charge in [-0.3, -0.25) is 4.79 Å². The van der Waals surface area contributed by atoms with E-state index in [9.17, 15) is 4.79 Å². The number of ketones is 1. The fourth-order valence-corrected chi connectivity index (χ4v) is 1.83. The molecule has 0 spiro atoms. The molecule has 0 saturated carbocycles. The second-order valence-corrected chi connectivity index (χ2v) is 4.43. The molecule has 2 N–H and O–H groups in total. The van der Waals surface area contributed by atoms with Gasteiger partial charge in [0.1, 0.15) is 5.78 Å². The summed E-state index contributed by atoms with van der Waals surface area (Å²) in [5.74, 6) is 2.71. The quantitative estimate of drug-likeness (QED) is 0.691. The first-order valence-electron chi connectivity index (χ1n) is 4.44. The van der Waals surface area contributed by atoms with E-state index in [4.69, 9.17) is 5.73 Å². The van der Waals surface area contributed by atoms with Gasteiger partial charge in [-0.05, 0) is 11.7 Å². The smallest absolute Gasteiger partial charge is 0.150 e. The summed E-state index contributed by atoms with van der Waals surface area (Å²) in [5.41, 5.74) is 5.64. The molecule has 0 radical (unpaired) electrons. The van der Waals surface area contributed by atoms with Crippen molar-refractivity contribution in [3.8, 4) is 0 Å². The van der Waals surface area contributed by atoms with Crippen molar-refractivity contribution in [1.29, 1.82) is 0 Å². The Hall–Kier alpha value is -0.0200. The van der Waals surface area contributed by atoms with Gasteiger partial charge >= 0.3 is 0 Å². The van der Waals surface area contributed by atoms with Gasteiger partial charge in [0.15, 0.2) is 0 Å². The van der Waals surface area contributed by atoms with Crippen LogP contribution in [0.4, 0.5) is 0 Å². The van der Waals surface area contributed by atoms with E-state index in [-0.39, 0.29) is 11.8 Å². The Bertz CT molecular complexity index is 136. The number of nitrogens with two attached hydrogens (primary N) is 1. The number of thioether (sulfide) groups is 1. The lowest BCUT2D eigenvalue weighted by atomic mass is 10.2. The average Bonchev–Trinajstić information content (AvgIpc) is 2.02. The zero-order valence-electron chi connectivity index (χ0n) is 8.17. The summed E-state index contributed by atoms with van der Waals surface area (Å²) in [7, 11) is 0. The maximum Gasteiger partial charge on any atom is 0.150 e. The lowest BCUT2D eigenvalue weighted by molar-refractivity contribution is -0.119. The first kappa shape index (κ1) is 12.0. The van der Waals surface area contributed by atoms with Crippen molar-refractivity contribution >= 4 is 17.5 Å². The molecule has 0 bridgehead atoms. The van der Waals surface area contributed by atoms with E-state index in [1.165, 1.54) is 0 Å². The molecule has 2 nitrogen and oxygen atoms in total. The molecule has 12 heavy (non-hydrogen) atoms. The van der Waals surface area contributed by atoms with Crippen LogP contribution in [0.25, 0.3) is 0 Å². The van der Waals surface area contributed by atoms with Gasteiger partial charge in [-0.15, -0.1) is 0 Å². The summed E-state index contributed by atoms with van der Waals surface area (Å²) in [6.07, 6.45) is 0.559. The minimum Gasteiger partial charge on any atom is -0.321 e. The molecule has 1 atom stereocenters. The highest BCUT2D eigenvalue weighted by Crippen LogP contribution is 2.08. The van der Waals surface area contributed by atoms with Gasteiger partial charge in [-0.1, -0.05) is 20.8 Å². The highest BCUT2D eigenvalue weighted by atomic mass is 32.2. The van der Waals surface area contributed by atoms with Crippen LogP contribution in [0.5, 0.6) is 0 Å². The molecule has 0 amide bonds. The number of hydrogen-bond donors (Lipinski definition) is 1. The Morgan fingerprint density at radius 3 is 2.42 bits per heavy atom. The van der Waals surface area contributed by atoms with E-state index >= 15 is 0 Å². The van der Waals surface area contributed by atoms with Crippen LogP contribution in [0, 0.1) is 5.92 Å². The maximum absolute atomic E-state index is 11.0. The van der Waals surface area contributed by atoms with E-state index in [0.29, 0.717) is 12.3 Å². The molecular formula is C9H19NOS. The Labute approximate surface area is 79.3 Å². The number of carbonyl (C=O) groups is 1. The minimum atomic E-state index is -0.251. The number of hydrogen-bond acceptors (Lipinski definition) is 3. The van der Waals surface area contributed by atoms with Crippen LogP contribution in [0.2, 0.25) is 0 Å². The van der Waals surface area contributed by atoms with Crippen molar-refractivity contribution in [1.82, 2.24) is 0 Å². The molecule has 0 heterocycles. The molecule has 3 heteroatoms. The molecule has 0 aromatic carbocycles. The van der Waals surface area contributed by atoms with Gasteiger partial charge in [0.05, 0.1) is 6.04 Å². The normalized spacial score (nSPS) is 13.4. The largest absolute Gasteiger partial charge is 0.321 e. The average molecular weight is 189 g/mol. The van der Waals surface area contributed by atoms with E-state index < -0.39 is 0 Å². The Balaban J connectivity index is 3.43. The summed E-state index contributed by atoms with van der Waals surface area (Å²) in [5, 5.41) is 0. The maximum atomic E-state index is 11.0. The zero-order valence-corrected chi connectivity index (χ0v) is 8.99. The van der Waals surface area contributed by atoms with Crippen molar-refractivity contribution in [2.45, 2.75) is 33.2 Å². The van der Waals surface area contributed by atoms with Crippen LogP contribution in [0.1, 0.15) is 27.2 Å². The predicted molar refractivity (Wildman–Crippen MR) is 55.4 cm³/mol. The van der Waals surface area contributed by atoms with Gasteiger partial charge in [0, 0.05) is 12.2 Å². The van der Waals surface area contributed by atoms with Gasteiger partial charge in [-0.25, -0.2) is 0 Å². The molecule has 0 fully saturated rings. The summed E-state index contributed by atoms with van der Waals surface area (Å²) >= 11 is 1.77. The van der Waals surface area contributed by atoms with Crippen LogP contribution in [-0.2, 0) is 4.79 Å². The summed E-state index contributed by atoms with van der Waals surface area (Å²) in [6.45, 7) is 6.19. The molecule has 1 unspecified atom stereocenters. The van der Waals surface area contributed by atoms with E-state index in [1.807, 2.05) is 6.92 Å². The standard InChI is InChI=1S/C9H19NOS/c1-4-9(11)8(10)6-12-5-7(2)3/h7-8H,4-6,10H2,1-3H3. The Morgan fingerprint density at radius 1 is 1.42 bits per heavy atom. The Kier molecular flexibility index (Phi) is 6.48. The fraction of sp³-hybridized carbons (Fsp3) is 0.889. The number of rotatable bonds is 6. The molecule has 0 aliphatic rings. The first-order chi connectivity index (χ1) is 5.57. The molecule has 0 aromatic heterocycles. The van der Waals surface area contributed by atoms with Crippen molar-refractivity contribution in [2.75, 3.05) is 11.5 Å². The second-order valence-electron chi connectivity index (χ2n) is 3.36. The van der Waals surface area contributed by atoms with Crippen molar-refractivity contribution in [2.24, 2.45) is 11.7 Å². The molecule has 0 saturated heterocycles. The van der Waals surface area contributed by atoms with Crippen molar-refractivity contribution < 1.29 is 4.79 Å². The second kappa shape index (κ2) is 6.49. The lowest BCUT2D eigenvalue weighted by Gasteiger charge is -2.09. The Morgan fingerprint density at radius 2 is 2.00 bits per heavy atom.